The van der Waals surface area contributed by atoms with Gasteiger partial charge in [0.15, 0.2) is 0 Å². The molecule has 5 nitrogen and oxygen atoms in total. The van der Waals surface area contributed by atoms with E-state index in [0.29, 0.717) is 39.3 Å². The van der Waals surface area contributed by atoms with Crippen molar-refractivity contribution in [1.29, 1.82) is 0 Å². The third-order valence-electron chi connectivity index (χ3n) is 4.92. The SMILES string of the molecule is CC/C(=C\c1ccccc1)C(=O)N1CCC[C@H]1C(=O)N1CCOCC1. The van der Waals surface area contributed by atoms with Crippen LogP contribution in [0.5, 0.6) is 0 Å². The highest BCUT2D eigenvalue weighted by atomic mass is 16.5. The van der Waals surface area contributed by atoms with Gasteiger partial charge in [0.05, 0.1) is 13.2 Å². The van der Waals surface area contributed by atoms with Crippen LogP contribution in [0.15, 0.2) is 35.9 Å². The van der Waals surface area contributed by atoms with Gasteiger partial charge in [-0.1, -0.05) is 37.3 Å². The zero-order valence-corrected chi connectivity index (χ0v) is 14.8. The second kappa shape index (κ2) is 8.30. The van der Waals surface area contributed by atoms with Crippen molar-refractivity contribution in [3.8, 4) is 0 Å². The monoisotopic (exact) mass is 342 g/mol. The van der Waals surface area contributed by atoms with Crippen LogP contribution in [0.2, 0.25) is 0 Å². The van der Waals surface area contributed by atoms with Crippen molar-refractivity contribution in [2.24, 2.45) is 0 Å². The quantitative estimate of drug-likeness (QED) is 0.789. The van der Waals surface area contributed by atoms with Crippen LogP contribution in [-0.2, 0) is 14.3 Å². The Morgan fingerprint density at radius 2 is 1.88 bits per heavy atom. The number of hydrogen-bond donors (Lipinski definition) is 0. The van der Waals surface area contributed by atoms with E-state index in [-0.39, 0.29) is 17.9 Å². The number of hydrogen-bond acceptors (Lipinski definition) is 3. The van der Waals surface area contributed by atoms with Crippen molar-refractivity contribution >= 4 is 17.9 Å². The van der Waals surface area contributed by atoms with E-state index in [0.717, 1.165) is 24.0 Å². The smallest absolute Gasteiger partial charge is 0.250 e. The fourth-order valence-electron chi connectivity index (χ4n) is 3.51. The Labute approximate surface area is 149 Å². The van der Waals surface area contributed by atoms with Crippen molar-refractivity contribution in [3.05, 3.63) is 41.5 Å². The van der Waals surface area contributed by atoms with E-state index in [1.807, 2.05) is 48.2 Å². The Morgan fingerprint density at radius 1 is 1.16 bits per heavy atom. The van der Waals surface area contributed by atoms with Crippen LogP contribution in [-0.4, -0.2) is 60.5 Å². The maximum absolute atomic E-state index is 13.0. The molecule has 0 unspecified atom stereocenters. The van der Waals surface area contributed by atoms with Gasteiger partial charge in [-0.15, -0.1) is 0 Å². The molecular formula is C20H26N2O3. The highest BCUT2D eigenvalue weighted by molar-refractivity contribution is 6.00. The molecule has 2 saturated heterocycles. The normalized spacial score (nSPS) is 21.5. The van der Waals surface area contributed by atoms with Gasteiger partial charge in [0.2, 0.25) is 11.8 Å². The van der Waals surface area contributed by atoms with Crippen LogP contribution >= 0.6 is 0 Å². The topological polar surface area (TPSA) is 49.9 Å². The minimum atomic E-state index is -0.323. The molecule has 0 bridgehead atoms. The lowest BCUT2D eigenvalue weighted by Crippen LogP contribution is -2.51. The molecule has 25 heavy (non-hydrogen) atoms. The summed E-state index contributed by atoms with van der Waals surface area (Å²) in [5.41, 5.74) is 1.77. The summed E-state index contributed by atoms with van der Waals surface area (Å²) in [6, 6.07) is 9.54. The van der Waals surface area contributed by atoms with Crippen LogP contribution in [0.3, 0.4) is 0 Å². The van der Waals surface area contributed by atoms with Gasteiger partial charge in [-0.3, -0.25) is 9.59 Å². The van der Waals surface area contributed by atoms with Gasteiger partial charge in [0.25, 0.3) is 0 Å². The van der Waals surface area contributed by atoms with E-state index in [2.05, 4.69) is 0 Å². The van der Waals surface area contributed by atoms with Crippen LogP contribution < -0.4 is 0 Å². The standard InChI is InChI=1S/C20H26N2O3/c1-2-17(15-16-7-4-3-5-8-16)19(23)22-10-6-9-18(22)20(24)21-11-13-25-14-12-21/h3-5,7-8,15,18H,2,6,9-14H2,1H3/b17-15+/t18-/m0/s1. The Morgan fingerprint density at radius 3 is 2.56 bits per heavy atom. The van der Waals surface area contributed by atoms with Crippen LogP contribution in [0.1, 0.15) is 31.7 Å². The molecule has 0 radical (unpaired) electrons. The maximum Gasteiger partial charge on any atom is 0.250 e. The van der Waals surface area contributed by atoms with Gasteiger partial charge in [-0.05, 0) is 30.9 Å². The van der Waals surface area contributed by atoms with Crippen LogP contribution in [0.4, 0.5) is 0 Å². The fourth-order valence-corrected chi connectivity index (χ4v) is 3.51. The molecule has 0 aliphatic carbocycles. The zero-order valence-electron chi connectivity index (χ0n) is 14.8. The highest BCUT2D eigenvalue weighted by Gasteiger charge is 2.37. The van der Waals surface area contributed by atoms with E-state index in [9.17, 15) is 9.59 Å². The number of rotatable bonds is 4. The Kier molecular flexibility index (Phi) is 5.87. The summed E-state index contributed by atoms with van der Waals surface area (Å²) >= 11 is 0. The summed E-state index contributed by atoms with van der Waals surface area (Å²) in [5, 5.41) is 0. The predicted molar refractivity (Wildman–Crippen MR) is 96.8 cm³/mol. The Bertz CT molecular complexity index is 636. The lowest BCUT2D eigenvalue weighted by Gasteiger charge is -2.32. The van der Waals surface area contributed by atoms with E-state index in [1.54, 1.807) is 4.90 Å². The third kappa shape index (κ3) is 4.10. The molecule has 2 amide bonds. The summed E-state index contributed by atoms with van der Waals surface area (Å²) in [6.07, 6.45) is 4.23. The Hall–Kier alpha value is -2.14. The second-order valence-corrected chi connectivity index (χ2v) is 6.53. The lowest BCUT2D eigenvalue weighted by atomic mass is 10.1. The molecule has 2 aliphatic heterocycles. The number of nitrogens with zero attached hydrogens (tertiary/aromatic N) is 2. The van der Waals surface area contributed by atoms with Gasteiger partial charge in [-0.25, -0.2) is 0 Å². The molecule has 134 valence electrons. The molecular weight excluding hydrogens is 316 g/mol. The number of morpholine rings is 1. The number of carbonyl (C=O) groups excluding carboxylic acids is 2. The van der Waals surface area contributed by atoms with Gasteiger partial charge >= 0.3 is 0 Å². The molecule has 0 aromatic heterocycles. The average molecular weight is 342 g/mol. The molecule has 1 aromatic rings. The summed E-state index contributed by atoms with van der Waals surface area (Å²) < 4.78 is 5.33. The first-order chi connectivity index (χ1) is 12.2. The van der Waals surface area contributed by atoms with Crippen molar-refractivity contribution in [2.75, 3.05) is 32.8 Å². The number of benzene rings is 1. The van der Waals surface area contributed by atoms with Gasteiger partial charge in [-0.2, -0.15) is 0 Å². The molecule has 0 saturated carbocycles. The second-order valence-electron chi connectivity index (χ2n) is 6.53. The van der Waals surface area contributed by atoms with E-state index in [1.165, 1.54) is 0 Å². The minimum Gasteiger partial charge on any atom is -0.378 e. The van der Waals surface area contributed by atoms with Crippen molar-refractivity contribution < 1.29 is 14.3 Å². The number of likely N-dealkylation sites (tertiary alicyclic amines) is 1. The molecule has 5 heteroatoms. The molecule has 3 rings (SSSR count). The largest absolute Gasteiger partial charge is 0.378 e. The van der Waals surface area contributed by atoms with E-state index in [4.69, 9.17) is 4.74 Å². The van der Waals surface area contributed by atoms with Crippen molar-refractivity contribution in [1.82, 2.24) is 9.80 Å². The Balaban J connectivity index is 1.75. The van der Waals surface area contributed by atoms with E-state index < -0.39 is 0 Å². The first-order valence-electron chi connectivity index (χ1n) is 9.14. The maximum atomic E-state index is 13.0. The molecule has 2 fully saturated rings. The summed E-state index contributed by atoms with van der Waals surface area (Å²) in [5.74, 6) is 0.0692. The molecule has 0 spiro atoms. The predicted octanol–water partition coefficient (Wildman–Crippen LogP) is 2.33. The minimum absolute atomic E-state index is 0.00420. The summed E-state index contributed by atoms with van der Waals surface area (Å²) in [7, 11) is 0. The molecule has 2 aliphatic rings. The van der Waals surface area contributed by atoms with Crippen LogP contribution in [0.25, 0.3) is 6.08 Å². The molecule has 1 aromatic carbocycles. The molecule has 2 heterocycles. The first kappa shape index (κ1) is 17.7. The number of amides is 2. The first-order valence-corrected chi connectivity index (χ1v) is 9.14. The van der Waals surface area contributed by atoms with Gasteiger partial charge in [0.1, 0.15) is 6.04 Å². The van der Waals surface area contributed by atoms with Crippen molar-refractivity contribution in [3.63, 3.8) is 0 Å². The molecule has 1 atom stereocenters. The lowest BCUT2D eigenvalue weighted by molar-refractivity contribution is -0.145. The molecule has 0 N–H and O–H groups in total. The zero-order chi connectivity index (χ0) is 17.6. The summed E-state index contributed by atoms with van der Waals surface area (Å²) in [4.78, 5) is 29.5. The average Bonchev–Trinajstić information content (AvgIpc) is 3.16. The van der Waals surface area contributed by atoms with Gasteiger partial charge < -0.3 is 14.5 Å². The van der Waals surface area contributed by atoms with Gasteiger partial charge in [0, 0.05) is 25.2 Å². The number of ether oxygens (including phenoxy) is 1. The van der Waals surface area contributed by atoms with Crippen LogP contribution in [0, 0.1) is 0 Å². The fraction of sp³-hybridized carbons (Fsp3) is 0.500. The summed E-state index contributed by atoms with van der Waals surface area (Å²) in [6.45, 7) is 5.06. The highest BCUT2D eigenvalue weighted by Crippen LogP contribution is 2.24. The van der Waals surface area contributed by atoms with Crippen molar-refractivity contribution in [2.45, 2.75) is 32.2 Å². The number of carbonyl (C=O) groups is 2. The third-order valence-corrected chi connectivity index (χ3v) is 4.92. The van der Waals surface area contributed by atoms with E-state index >= 15 is 0 Å².